The van der Waals surface area contributed by atoms with E-state index >= 15 is 0 Å². The van der Waals surface area contributed by atoms with E-state index in [4.69, 9.17) is 9.47 Å². The number of hydrogen-bond acceptors (Lipinski definition) is 5. The van der Waals surface area contributed by atoms with Crippen LogP contribution < -0.4 is 10.3 Å². The maximum absolute atomic E-state index is 13.1. The topological polar surface area (TPSA) is 64.2 Å². The van der Waals surface area contributed by atoms with Crippen LogP contribution in [0, 0.1) is 5.82 Å². The maximum Gasteiger partial charge on any atom is 0.294 e. The summed E-state index contributed by atoms with van der Waals surface area (Å²) in [6.07, 6.45) is 2.53. The Bertz CT molecular complexity index is 702. The first kappa shape index (κ1) is 18.5. The zero-order valence-corrected chi connectivity index (χ0v) is 14.6. The molecule has 130 valence electrons. The molecule has 2 rings (SSSR count). The molecule has 0 spiro atoms. The molecule has 1 aromatic heterocycles. The van der Waals surface area contributed by atoms with E-state index in [1.165, 1.54) is 30.1 Å². The van der Waals surface area contributed by atoms with Crippen molar-refractivity contribution in [3.8, 4) is 5.75 Å². The fourth-order valence-electron chi connectivity index (χ4n) is 2.04. The zero-order chi connectivity index (χ0) is 17.4. The van der Waals surface area contributed by atoms with Gasteiger partial charge in [0.05, 0.1) is 6.20 Å². The van der Waals surface area contributed by atoms with Crippen molar-refractivity contribution in [2.45, 2.75) is 43.9 Å². The summed E-state index contributed by atoms with van der Waals surface area (Å²) in [5.41, 5.74) is 0.467. The number of rotatable bonds is 9. The van der Waals surface area contributed by atoms with Gasteiger partial charge in [-0.15, -0.1) is 0 Å². The van der Waals surface area contributed by atoms with Gasteiger partial charge in [-0.2, -0.15) is 0 Å². The first-order valence-electron chi connectivity index (χ1n) is 7.87. The minimum Gasteiger partial charge on any atom is -0.458 e. The van der Waals surface area contributed by atoms with Crippen LogP contribution in [0.1, 0.15) is 32.3 Å². The van der Waals surface area contributed by atoms with Crippen LogP contribution in [0.5, 0.6) is 5.75 Å². The predicted molar refractivity (Wildman–Crippen MR) is 91.8 cm³/mol. The smallest absolute Gasteiger partial charge is 0.294 e. The lowest BCUT2D eigenvalue weighted by Gasteiger charge is -2.17. The van der Waals surface area contributed by atoms with Gasteiger partial charge in [-0.3, -0.25) is 9.78 Å². The summed E-state index contributed by atoms with van der Waals surface area (Å²) < 4.78 is 24.2. The van der Waals surface area contributed by atoms with E-state index in [2.05, 4.69) is 9.97 Å². The van der Waals surface area contributed by atoms with Crippen molar-refractivity contribution in [2.75, 3.05) is 6.61 Å². The summed E-state index contributed by atoms with van der Waals surface area (Å²) in [4.78, 5) is 19.0. The van der Waals surface area contributed by atoms with Gasteiger partial charge < -0.3 is 9.47 Å². The van der Waals surface area contributed by atoms with E-state index in [-0.39, 0.29) is 17.1 Å². The Morgan fingerprint density at radius 3 is 2.88 bits per heavy atom. The molecule has 0 aliphatic rings. The normalized spacial score (nSPS) is 12.1. The van der Waals surface area contributed by atoms with Gasteiger partial charge in [0.1, 0.15) is 5.82 Å². The lowest BCUT2D eigenvalue weighted by Crippen LogP contribution is -2.24. The third-order valence-corrected chi connectivity index (χ3v) is 4.10. The number of nitrogens with zero attached hydrogens (tertiary/aromatic N) is 1. The number of hydrogen-bond donors (Lipinski definition) is 1. The van der Waals surface area contributed by atoms with Crippen LogP contribution >= 0.6 is 11.8 Å². The molecule has 1 heterocycles. The molecule has 0 fully saturated rings. The average molecular weight is 352 g/mol. The Kier molecular flexibility index (Phi) is 7.27. The molecule has 0 aliphatic carbocycles. The predicted octanol–water partition coefficient (Wildman–Crippen LogP) is 3.74. The first-order chi connectivity index (χ1) is 11.6. The molecular formula is C17H21FN2O3S. The van der Waals surface area contributed by atoms with E-state index in [9.17, 15) is 9.18 Å². The summed E-state index contributed by atoms with van der Waals surface area (Å²) >= 11 is 1.32. The summed E-state index contributed by atoms with van der Waals surface area (Å²) in [7, 11) is 0. The number of nitrogens with one attached hydrogen (secondary N) is 1. The van der Waals surface area contributed by atoms with Gasteiger partial charge in [-0.1, -0.05) is 37.2 Å². The highest BCUT2D eigenvalue weighted by molar-refractivity contribution is 7.98. The summed E-state index contributed by atoms with van der Waals surface area (Å²) in [6, 6.07) is 6.33. The van der Waals surface area contributed by atoms with Gasteiger partial charge in [0, 0.05) is 18.8 Å². The highest BCUT2D eigenvalue weighted by Crippen LogP contribution is 2.19. The average Bonchev–Trinajstić information content (AvgIpc) is 2.56. The molecule has 0 saturated carbocycles. The van der Waals surface area contributed by atoms with Gasteiger partial charge in [0.25, 0.3) is 5.56 Å². The van der Waals surface area contributed by atoms with Crippen molar-refractivity contribution in [1.82, 2.24) is 9.97 Å². The molecule has 0 amide bonds. The van der Waals surface area contributed by atoms with Crippen molar-refractivity contribution >= 4 is 11.8 Å². The Morgan fingerprint density at radius 2 is 2.21 bits per heavy atom. The molecular weight excluding hydrogens is 331 g/mol. The molecule has 1 N–H and O–H groups in total. The van der Waals surface area contributed by atoms with Gasteiger partial charge >= 0.3 is 0 Å². The number of ether oxygens (including phenoxy) is 2. The van der Waals surface area contributed by atoms with Crippen LogP contribution in [-0.4, -0.2) is 22.9 Å². The van der Waals surface area contributed by atoms with Crippen molar-refractivity contribution in [1.29, 1.82) is 0 Å². The summed E-state index contributed by atoms with van der Waals surface area (Å²) in [5.74, 6) is 0.367. The van der Waals surface area contributed by atoms with Crippen molar-refractivity contribution in [2.24, 2.45) is 0 Å². The van der Waals surface area contributed by atoms with Crippen LogP contribution in [0.4, 0.5) is 4.39 Å². The number of thioether (sulfide) groups is 1. The largest absolute Gasteiger partial charge is 0.458 e. The Labute approximate surface area is 144 Å². The molecule has 2 aromatic rings. The second kappa shape index (κ2) is 9.44. The highest BCUT2D eigenvalue weighted by Gasteiger charge is 2.12. The fraction of sp³-hybridized carbons (Fsp3) is 0.412. The highest BCUT2D eigenvalue weighted by atomic mass is 32.2. The van der Waals surface area contributed by atoms with Gasteiger partial charge in [-0.05, 0) is 24.6 Å². The second-order valence-electron chi connectivity index (χ2n) is 5.09. The summed E-state index contributed by atoms with van der Waals surface area (Å²) in [5, 5.41) is 0.458. The lowest BCUT2D eigenvalue weighted by molar-refractivity contribution is -0.0808. The van der Waals surface area contributed by atoms with Crippen molar-refractivity contribution in [3.63, 3.8) is 0 Å². The molecule has 0 saturated heterocycles. The number of halogens is 1. The van der Waals surface area contributed by atoms with E-state index < -0.39 is 6.29 Å². The number of aromatic amines is 1. The Morgan fingerprint density at radius 1 is 1.38 bits per heavy atom. The van der Waals surface area contributed by atoms with Crippen LogP contribution in [0.25, 0.3) is 0 Å². The molecule has 5 nitrogen and oxygen atoms in total. The molecule has 7 heteroatoms. The quantitative estimate of drug-likeness (QED) is 0.423. The van der Waals surface area contributed by atoms with Crippen molar-refractivity contribution < 1.29 is 13.9 Å². The zero-order valence-electron chi connectivity index (χ0n) is 13.8. The first-order valence-corrected chi connectivity index (χ1v) is 8.85. The van der Waals surface area contributed by atoms with Gasteiger partial charge in [0.2, 0.25) is 5.75 Å². The summed E-state index contributed by atoms with van der Waals surface area (Å²) in [6.45, 7) is 4.41. The molecule has 1 atom stereocenters. The molecule has 0 radical (unpaired) electrons. The second-order valence-corrected chi connectivity index (χ2v) is 6.06. The van der Waals surface area contributed by atoms with E-state index in [1.54, 1.807) is 6.07 Å². The van der Waals surface area contributed by atoms with E-state index in [1.807, 2.05) is 19.9 Å². The molecule has 24 heavy (non-hydrogen) atoms. The number of benzene rings is 1. The molecule has 0 bridgehead atoms. The SMILES string of the molecule is CCCC(OCC)Oc1cnc(SCc2cccc(F)c2)[nH]c1=O. The van der Waals surface area contributed by atoms with E-state index in [0.717, 1.165) is 12.0 Å². The van der Waals surface area contributed by atoms with Crippen LogP contribution in [0.15, 0.2) is 40.4 Å². The lowest BCUT2D eigenvalue weighted by atomic mass is 10.2. The molecule has 1 unspecified atom stereocenters. The fourth-order valence-corrected chi connectivity index (χ4v) is 2.82. The molecule has 1 aromatic carbocycles. The van der Waals surface area contributed by atoms with Gasteiger partial charge in [-0.25, -0.2) is 9.37 Å². The van der Waals surface area contributed by atoms with Crippen molar-refractivity contribution in [3.05, 3.63) is 52.2 Å². The third-order valence-electron chi connectivity index (χ3n) is 3.14. The Balaban J connectivity index is 1.99. The number of aromatic nitrogens is 2. The minimum absolute atomic E-state index is 0.136. The molecule has 0 aliphatic heterocycles. The number of H-pyrrole nitrogens is 1. The van der Waals surface area contributed by atoms with Crippen LogP contribution in [0.2, 0.25) is 0 Å². The maximum atomic E-state index is 13.1. The van der Waals surface area contributed by atoms with Crippen LogP contribution in [-0.2, 0) is 10.5 Å². The third kappa shape index (κ3) is 5.65. The monoisotopic (exact) mass is 352 g/mol. The Hall–Kier alpha value is -1.86. The van der Waals surface area contributed by atoms with Crippen LogP contribution in [0.3, 0.4) is 0 Å². The standard InChI is InChI=1S/C17H21FN2O3S/c1-3-6-15(22-4-2)23-14-10-19-17(20-16(14)21)24-11-12-7-5-8-13(18)9-12/h5,7-10,15H,3-4,6,11H2,1-2H3,(H,19,20,21). The van der Waals surface area contributed by atoms with E-state index in [0.29, 0.717) is 23.9 Å². The minimum atomic E-state index is -0.450. The van der Waals surface area contributed by atoms with Gasteiger partial charge in [0.15, 0.2) is 11.4 Å².